The number of carbonyl (C=O) groups excluding carboxylic acids is 2. The van der Waals surface area contributed by atoms with E-state index in [4.69, 9.17) is 4.74 Å². The maximum atomic E-state index is 12.3. The summed E-state index contributed by atoms with van der Waals surface area (Å²) in [5.41, 5.74) is 1.37. The third-order valence-corrected chi connectivity index (χ3v) is 4.05. The molecule has 22 heavy (non-hydrogen) atoms. The quantitative estimate of drug-likeness (QED) is 0.909. The van der Waals surface area contributed by atoms with E-state index < -0.39 is 0 Å². The molecule has 0 bridgehead atoms. The van der Waals surface area contributed by atoms with Crippen molar-refractivity contribution < 1.29 is 14.3 Å². The van der Waals surface area contributed by atoms with Gasteiger partial charge in [-0.1, -0.05) is 13.8 Å². The Hall–Kier alpha value is -1.88. The molecule has 0 spiro atoms. The number of rotatable bonds is 5. The Morgan fingerprint density at radius 2 is 1.73 bits per heavy atom. The lowest BCUT2D eigenvalue weighted by Crippen LogP contribution is -2.40. The van der Waals surface area contributed by atoms with Crippen molar-refractivity contribution in [3.05, 3.63) is 29.8 Å². The van der Waals surface area contributed by atoms with Crippen LogP contribution in [0.5, 0.6) is 0 Å². The molecule has 1 aromatic rings. The number of nitrogens with one attached hydrogen (secondary N) is 1. The molecule has 1 N–H and O–H groups in total. The summed E-state index contributed by atoms with van der Waals surface area (Å²) in [6.07, 6.45) is 1.66. The highest BCUT2D eigenvalue weighted by Gasteiger charge is 2.19. The molecule has 1 fully saturated rings. The van der Waals surface area contributed by atoms with Crippen molar-refractivity contribution >= 4 is 17.5 Å². The molecule has 1 aliphatic rings. The highest BCUT2D eigenvalue weighted by Crippen LogP contribution is 2.15. The van der Waals surface area contributed by atoms with Crippen LogP contribution in [0.15, 0.2) is 24.3 Å². The van der Waals surface area contributed by atoms with Gasteiger partial charge in [-0.2, -0.15) is 0 Å². The van der Waals surface area contributed by atoms with Gasteiger partial charge in [-0.3, -0.25) is 9.59 Å². The van der Waals surface area contributed by atoms with Crippen LogP contribution >= 0.6 is 0 Å². The first kappa shape index (κ1) is 16.5. The van der Waals surface area contributed by atoms with E-state index in [0.717, 1.165) is 18.5 Å². The second-order valence-electron chi connectivity index (χ2n) is 5.48. The van der Waals surface area contributed by atoms with Gasteiger partial charge in [0.2, 0.25) is 5.91 Å². The molecule has 1 heterocycles. The summed E-state index contributed by atoms with van der Waals surface area (Å²) >= 11 is 0. The molecule has 120 valence electrons. The number of benzene rings is 1. The molecule has 1 saturated heterocycles. The first-order valence-electron chi connectivity index (χ1n) is 7.93. The molecule has 1 aromatic carbocycles. The third-order valence-electron chi connectivity index (χ3n) is 4.05. The SMILES string of the molecule is CCC(CC)C(=O)Nc1ccc(C(=O)N2CCOCC2)cc1. The maximum absolute atomic E-state index is 12.3. The molecule has 1 aliphatic heterocycles. The summed E-state index contributed by atoms with van der Waals surface area (Å²) < 4.78 is 5.25. The predicted molar refractivity (Wildman–Crippen MR) is 85.9 cm³/mol. The molecular formula is C17H24N2O3. The minimum Gasteiger partial charge on any atom is -0.378 e. The second-order valence-corrected chi connectivity index (χ2v) is 5.48. The average molecular weight is 304 g/mol. The van der Waals surface area contributed by atoms with Crippen LogP contribution in [0.2, 0.25) is 0 Å². The molecule has 5 nitrogen and oxygen atoms in total. The first-order chi connectivity index (χ1) is 10.7. The molecule has 5 heteroatoms. The van der Waals surface area contributed by atoms with E-state index >= 15 is 0 Å². The van der Waals surface area contributed by atoms with E-state index in [1.807, 2.05) is 13.8 Å². The van der Waals surface area contributed by atoms with Crippen LogP contribution in [-0.4, -0.2) is 43.0 Å². The smallest absolute Gasteiger partial charge is 0.254 e. The summed E-state index contributed by atoms with van der Waals surface area (Å²) in [6, 6.07) is 7.10. The van der Waals surface area contributed by atoms with Gasteiger partial charge in [-0.15, -0.1) is 0 Å². The summed E-state index contributed by atoms with van der Waals surface area (Å²) in [6.45, 7) is 6.47. The normalized spacial score (nSPS) is 15.0. The molecule has 0 atom stereocenters. The van der Waals surface area contributed by atoms with Gasteiger partial charge < -0.3 is 15.0 Å². The van der Waals surface area contributed by atoms with Gasteiger partial charge >= 0.3 is 0 Å². The summed E-state index contributed by atoms with van der Waals surface area (Å²) in [7, 11) is 0. The highest BCUT2D eigenvalue weighted by atomic mass is 16.5. The van der Waals surface area contributed by atoms with Crippen LogP contribution in [0.3, 0.4) is 0 Å². The zero-order chi connectivity index (χ0) is 15.9. The van der Waals surface area contributed by atoms with Crippen molar-refractivity contribution in [2.24, 2.45) is 5.92 Å². The van der Waals surface area contributed by atoms with Crippen LogP contribution in [0, 0.1) is 5.92 Å². The van der Waals surface area contributed by atoms with Gasteiger partial charge in [-0.25, -0.2) is 0 Å². The number of ether oxygens (including phenoxy) is 1. The van der Waals surface area contributed by atoms with E-state index in [2.05, 4.69) is 5.32 Å². The Morgan fingerprint density at radius 1 is 1.14 bits per heavy atom. The minimum atomic E-state index is 0.0150. The molecule has 2 amide bonds. The van der Waals surface area contributed by atoms with Crippen molar-refractivity contribution in [3.63, 3.8) is 0 Å². The number of anilines is 1. The van der Waals surface area contributed by atoms with Gasteiger partial charge in [0.05, 0.1) is 13.2 Å². The maximum Gasteiger partial charge on any atom is 0.254 e. The van der Waals surface area contributed by atoms with Crippen molar-refractivity contribution in [1.82, 2.24) is 4.90 Å². The van der Waals surface area contributed by atoms with Gasteiger partial charge in [0.15, 0.2) is 0 Å². The molecule has 0 aliphatic carbocycles. The van der Waals surface area contributed by atoms with Crippen LogP contribution in [0.4, 0.5) is 5.69 Å². The fourth-order valence-corrected chi connectivity index (χ4v) is 2.55. The zero-order valence-corrected chi connectivity index (χ0v) is 13.3. The fourth-order valence-electron chi connectivity index (χ4n) is 2.55. The fraction of sp³-hybridized carbons (Fsp3) is 0.529. The molecular weight excluding hydrogens is 280 g/mol. The molecule has 0 saturated carbocycles. The van der Waals surface area contributed by atoms with Crippen molar-refractivity contribution in [1.29, 1.82) is 0 Å². The monoisotopic (exact) mass is 304 g/mol. The number of morpholine rings is 1. The van der Waals surface area contributed by atoms with E-state index in [1.165, 1.54) is 0 Å². The number of amides is 2. The number of nitrogens with zero attached hydrogens (tertiary/aromatic N) is 1. The lowest BCUT2D eigenvalue weighted by atomic mass is 10.0. The Kier molecular flexibility index (Phi) is 5.95. The van der Waals surface area contributed by atoms with Crippen LogP contribution in [0.25, 0.3) is 0 Å². The first-order valence-corrected chi connectivity index (χ1v) is 7.93. The lowest BCUT2D eigenvalue weighted by Gasteiger charge is -2.26. The Bertz CT molecular complexity index is 503. The zero-order valence-electron chi connectivity index (χ0n) is 13.3. The van der Waals surface area contributed by atoms with Crippen molar-refractivity contribution in [2.75, 3.05) is 31.6 Å². The van der Waals surface area contributed by atoms with E-state index in [9.17, 15) is 9.59 Å². The topological polar surface area (TPSA) is 58.6 Å². The molecule has 0 unspecified atom stereocenters. The minimum absolute atomic E-state index is 0.0150. The van der Waals surface area contributed by atoms with Crippen LogP contribution < -0.4 is 5.32 Å². The number of hydrogen-bond donors (Lipinski definition) is 1. The summed E-state index contributed by atoms with van der Waals surface area (Å²) in [5.74, 6) is 0.0908. The average Bonchev–Trinajstić information content (AvgIpc) is 2.57. The second kappa shape index (κ2) is 7.94. The van der Waals surface area contributed by atoms with E-state index in [0.29, 0.717) is 31.9 Å². The lowest BCUT2D eigenvalue weighted by molar-refractivity contribution is -0.120. The Balaban J connectivity index is 1.97. The Labute approximate surface area is 131 Å². The third kappa shape index (κ3) is 4.07. The number of hydrogen-bond acceptors (Lipinski definition) is 3. The highest BCUT2D eigenvalue weighted by molar-refractivity contribution is 5.96. The Morgan fingerprint density at radius 3 is 2.27 bits per heavy atom. The van der Waals surface area contributed by atoms with Gasteiger partial charge in [0.1, 0.15) is 0 Å². The van der Waals surface area contributed by atoms with Gasteiger partial charge in [-0.05, 0) is 37.1 Å². The largest absolute Gasteiger partial charge is 0.378 e. The van der Waals surface area contributed by atoms with Gasteiger partial charge in [0.25, 0.3) is 5.91 Å². The summed E-state index contributed by atoms with van der Waals surface area (Å²) in [4.78, 5) is 26.2. The predicted octanol–water partition coefficient (Wildman–Crippen LogP) is 2.53. The van der Waals surface area contributed by atoms with Crippen molar-refractivity contribution in [3.8, 4) is 0 Å². The molecule has 0 radical (unpaired) electrons. The van der Waals surface area contributed by atoms with E-state index in [-0.39, 0.29) is 17.7 Å². The van der Waals surface area contributed by atoms with Gasteiger partial charge in [0, 0.05) is 30.3 Å². The van der Waals surface area contributed by atoms with Crippen molar-refractivity contribution in [2.45, 2.75) is 26.7 Å². The van der Waals surface area contributed by atoms with E-state index in [1.54, 1.807) is 29.2 Å². The number of carbonyl (C=O) groups is 2. The van der Waals surface area contributed by atoms with Crippen LogP contribution in [0.1, 0.15) is 37.0 Å². The molecule has 2 rings (SSSR count). The standard InChI is InChI=1S/C17H24N2O3/c1-3-13(4-2)16(20)18-15-7-5-14(6-8-15)17(21)19-9-11-22-12-10-19/h5-8,13H,3-4,9-12H2,1-2H3,(H,18,20). The summed E-state index contributed by atoms with van der Waals surface area (Å²) in [5, 5.41) is 2.91. The molecule has 0 aromatic heterocycles. The van der Waals surface area contributed by atoms with Crippen LogP contribution in [-0.2, 0) is 9.53 Å².